The summed E-state index contributed by atoms with van der Waals surface area (Å²) < 4.78 is 22.8. The minimum Gasteiger partial charge on any atom is -0.312 e. The van der Waals surface area contributed by atoms with Crippen LogP contribution in [0.1, 0.15) is 25.5 Å². The van der Waals surface area contributed by atoms with Gasteiger partial charge in [0.05, 0.1) is 20.8 Å². The lowest BCUT2D eigenvalue weighted by molar-refractivity contribution is 0.446. The topological polar surface area (TPSA) is 46.2 Å². The molecule has 1 unspecified atom stereocenters. The van der Waals surface area contributed by atoms with Gasteiger partial charge in [0, 0.05) is 6.26 Å². The van der Waals surface area contributed by atoms with Crippen LogP contribution in [0.25, 0.3) is 0 Å². The van der Waals surface area contributed by atoms with E-state index >= 15 is 0 Å². The number of hydrogen-bond acceptors (Lipinski definition) is 3. The van der Waals surface area contributed by atoms with Crippen LogP contribution in [0.5, 0.6) is 0 Å². The third-order valence-electron chi connectivity index (χ3n) is 3.22. The van der Waals surface area contributed by atoms with Gasteiger partial charge in [0.1, 0.15) is 0 Å². The molecule has 1 aromatic rings. The Kier molecular flexibility index (Phi) is 4.70. The molecule has 0 fully saturated rings. The third-order valence-corrected chi connectivity index (χ3v) is 6.10. The number of halogens is 2. The average molecular weight is 310 g/mol. The zero-order valence-electron chi connectivity index (χ0n) is 10.8. The van der Waals surface area contributed by atoms with Crippen molar-refractivity contribution < 1.29 is 8.42 Å². The van der Waals surface area contributed by atoms with E-state index in [1.807, 2.05) is 0 Å². The summed E-state index contributed by atoms with van der Waals surface area (Å²) >= 11 is 11.8. The lowest BCUT2D eigenvalue weighted by atomic mass is 9.95. The summed E-state index contributed by atoms with van der Waals surface area (Å²) in [5.74, 6) is 0. The fraction of sp³-hybridized carbons (Fsp3) is 0.500. The second kappa shape index (κ2) is 5.37. The highest BCUT2D eigenvalue weighted by Gasteiger charge is 2.39. The van der Waals surface area contributed by atoms with Crippen molar-refractivity contribution in [3.8, 4) is 0 Å². The quantitative estimate of drug-likeness (QED) is 0.929. The Balaban J connectivity index is 3.30. The molecular formula is C12H17Cl2NO2S. The zero-order valence-corrected chi connectivity index (χ0v) is 13.1. The summed E-state index contributed by atoms with van der Waals surface area (Å²) in [5, 5.41) is 3.90. The maximum absolute atomic E-state index is 11.9. The van der Waals surface area contributed by atoms with Crippen molar-refractivity contribution in [1.82, 2.24) is 5.32 Å². The first-order valence-electron chi connectivity index (χ1n) is 5.43. The van der Waals surface area contributed by atoms with Gasteiger partial charge in [-0.25, -0.2) is 8.42 Å². The first-order chi connectivity index (χ1) is 8.11. The molecule has 0 amide bonds. The number of nitrogens with one attached hydrogen (secondary N) is 1. The van der Waals surface area contributed by atoms with Gasteiger partial charge in [-0.2, -0.15) is 0 Å². The van der Waals surface area contributed by atoms with E-state index in [-0.39, 0.29) is 6.04 Å². The van der Waals surface area contributed by atoms with Crippen LogP contribution in [0.3, 0.4) is 0 Å². The summed E-state index contributed by atoms with van der Waals surface area (Å²) in [6.07, 6.45) is 1.23. The molecule has 0 aromatic heterocycles. The number of sulfone groups is 1. The van der Waals surface area contributed by atoms with E-state index in [0.29, 0.717) is 10.0 Å². The van der Waals surface area contributed by atoms with Crippen molar-refractivity contribution >= 4 is 33.0 Å². The highest BCUT2D eigenvalue weighted by Crippen LogP contribution is 2.34. The molecule has 0 saturated heterocycles. The van der Waals surface area contributed by atoms with Gasteiger partial charge in [-0.05, 0) is 38.6 Å². The molecule has 1 aromatic carbocycles. The molecule has 0 spiro atoms. The Hall–Kier alpha value is -0.290. The molecule has 0 bridgehead atoms. The molecule has 1 N–H and O–H groups in total. The first-order valence-corrected chi connectivity index (χ1v) is 8.08. The van der Waals surface area contributed by atoms with Gasteiger partial charge in [-0.1, -0.05) is 29.3 Å². The van der Waals surface area contributed by atoms with Crippen molar-refractivity contribution in [2.24, 2.45) is 0 Å². The standard InChI is InChI=1S/C12H17Cl2NO2S/c1-12(2,18(4,16)17)11(15-3)8-5-6-9(13)10(14)7-8/h5-7,11,15H,1-4H3. The maximum atomic E-state index is 11.9. The van der Waals surface area contributed by atoms with Crippen LogP contribution in [0, 0.1) is 0 Å². The Morgan fingerprint density at radius 3 is 2.17 bits per heavy atom. The Morgan fingerprint density at radius 1 is 1.22 bits per heavy atom. The van der Waals surface area contributed by atoms with Gasteiger partial charge in [0.25, 0.3) is 0 Å². The predicted octanol–water partition coefficient (Wildman–Crippen LogP) is 3.08. The molecule has 0 aliphatic carbocycles. The van der Waals surface area contributed by atoms with Crippen LogP contribution in [-0.2, 0) is 9.84 Å². The number of benzene rings is 1. The first kappa shape index (κ1) is 15.8. The predicted molar refractivity (Wildman–Crippen MR) is 77.2 cm³/mol. The van der Waals surface area contributed by atoms with Crippen molar-refractivity contribution in [3.63, 3.8) is 0 Å². The average Bonchev–Trinajstić information content (AvgIpc) is 2.22. The highest BCUT2D eigenvalue weighted by atomic mass is 35.5. The Labute approximate surface area is 118 Å². The van der Waals surface area contributed by atoms with Crippen molar-refractivity contribution in [3.05, 3.63) is 33.8 Å². The fourth-order valence-corrected chi connectivity index (χ4v) is 2.81. The van der Waals surface area contributed by atoms with Gasteiger partial charge in [-0.3, -0.25) is 0 Å². The lowest BCUT2D eigenvalue weighted by Crippen LogP contribution is -2.43. The van der Waals surface area contributed by atoms with E-state index in [1.54, 1.807) is 39.1 Å². The van der Waals surface area contributed by atoms with E-state index in [2.05, 4.69) is 5.32 Å². The second-order valence-electron chi connectivity index (χ2n) is 4.77. The van der Waals surface area contributed by atoms with E-state index in [9.17, 15) is 8.42 Å². The zero-order chi connectivity index (χ0) is 14.1. The van der Waals surface area contributed by atoms with Crippen molar-refractivity contribution in [2.45, 2.75) is 24.6 Å². The minimum atomic E-state index is -3.22. The molecule has 6 heteroatoms. The smallest absolute Gasteiger partial charge is 0.154 e. The Bertz CT molecular complexity index is 541. The monoisotopic (exact) mass is 309 g/mol. The molecule has 0 aliphatic rings. The molecule has 1 atom stereocenters. The molecule has 0 heterocycles. The van der Waals surface area contributed by atoms with Crippen molar-refractivity contribution in [1.29, 1.82) is 0 Å². The molecule has 1 rings (SSSR count). The summed E-state index contributed by atoms with van der Waals surface area (Å²) in [4.78, 5) is 0. The highest BCUT2D eigenvalue weighted by molar-refractivity contribution is 7.92. The number of rotatable bonds is 4. The SMILES string of the molecule is CNC(c1ccc(Cl)c(Cl)c1)C(C)(C)S(C)(=O)=O. The molecular weight excluding hydrogens is 293 g/mol. The fourth-order valence-electron chi connectivity index (χ4n) is 1.82. The summed E-state index contributed by atoms with van der Waals surface area (Å²) in [6, 6.07) is 4.78. The van der Waals surface area contributed by atoms with Crippen LogP contribution >= 0.6 is 23.2 Å². The lowest BCUT2D eigenvalue weighted by Gasteiger charge is -2.33. The van der Waals surface area contributed by atoms with Gasteiger partial charge < -0.3 is 5.32 Å². The molecule has 18 heavy (non-hydrogen) atoms. The molecule has 0 aliphatic heterocycles. The van der Waals surface area contributed by atoms with Crippen LogP contribution in [0.15, 0.2) is 18.2 Å². The summed E-state index contributed by atoms with van der Waals surface area (Å²) in [6.45, 7) is 3.37. The van der Waals surface area contributed by atoms with Crippen molar-refractivity contribution in [2.75, 3.05) is 13.3 Å². The molecule has 102 valence electrons. The molecule has 0 radical (unpaired) electrons. The second-order valence-corrected chi connectivity index (χ2v) is 8.18. The number of hydrogen-bond donors (Lipinski definition) is 1. The van der Waals surface area contributed by atoms with Crippen LogP contribution in [0.2, 0.25) is 10.0 Å². The minimum absolute atomic E-state index is 0.359. The summed E-state index contributed by atoms with van der Waals surface area (Å²) in [5.41, 5.74) is 0.794. The van der Waals surface area contributed by atoms with Crippen LogP contribution in [0.4, 0.5) is 0 Å². The van der Waals surface area contributed by atoms with E-state index in [1.165, 1.54) is 6.26 Å². The van der Waals surface area contributed by atoms with E-state index in [0.717, 1.165) is 5.56 Å². The normalized spacial score (nSPS) is 14.6. The van der Waals surface area contributed by atoms with Gasteiger partial charge in [0.2, 0.25) is 0 Å². The largest absolute Gasteiger partial charge is 0.312 e. The molecule has 3 nitrogen and oxygen atoms in total. The Morgan fingerprint density at radius 2 is 1.78 bits per heavy atom. The molecule has 0 saturated carbocycles. The van der Waals surface area contributed by atoms with Gasteiger partial charge in [0.15, 0.2) is 9.84 Å². The van der Waals surface area contributed by atoms with E-state index in [4.69, 9.17) is 23.2 Å². The van der Waals surface area contributed by atoms with Crippen LogP contribution < -0.4 is 5.32 Å². The van der Waals surface area contributed by atoms with Crippen LogP contribution in [-0.4, -0.2) is 26.5 Å². The van der Waals surface area contributed by atoms with E-state index < -0.39 is 14.6 Å². The van der Waals surface area contributed by atoms with Gasteiger partial charge in [-0.15, -0.1) is 0 Å². The summed E-state index contributed by atoms with van der Waals surface area (Å²) in [7, 11) is -1.50. The maximum Gasteiger partial charge on any atom is 0.154 e. The third kappa shape index (κ3) is 2.99. The van der Waals surface area contributed by atoms with Gasteiger partial charge >= 0.3 is 0 Å².